The van der Waals surface area contributed by atoms with E-state index in [4.69, 9.17) is 9.47 Å². The number of piperidine rings is 1. The number of amides is 1. The van der Waals surface area contributed by atoms with Crippen LogP contribution in [0.5, 0.6) is 17.5 Å². The highest BCUT2D eigenvalue weighted by Gasteiger charge is 2.50. The Morgan fingerprint density at radius 1 is 0.973 bits per heavy atom. The van der Waals surface area contributed by atoms with Crippen LogP contribution in [-0.2, 0) is 16.6 Å². The number of hydrogen-bond donors (Lipinski definition) is 4. The average Bonchev–Trinajstić information content (AvgIpc) is 3.76. The molecule has 2 saturated heterocycles. The fraction of sp³-hybridized carbons (Fsp3) is 0.463. The first-order valence-electron chi connectivity index (χ1n) is 25.7. The minimum atomic E-state index is -4.71. The molecular weight excluding hydrogens is 982 g/mol. The number of rotatable bonds is 16. The van der Waals surface area contributed by atoms with Gasteiger partial charge in [0.25, 0.3) is 15.9 Å². The summed E-state index contributed by atoms with van der Waals surface area (Å²) in [5.74, 6) is -1.09. The van der Waals surface area contributed by atoms with Gasteiger partial charge in [0.2, 0.25) is 5.82 Å². The van der Waals surface area contributed by atoms with Crippen molar-refractivity contribution < 1.29 is 37.1 Å². The maximum atomic E-state index is 14.7. The number of carbonyl (C=O) groups excluding carboxylic acids is 1. The number of H-pyrrole nitrogens is 1. The summed E-state index contributed by atoms with van der Waals surface area (Å²) in [5, 5.41) is 25.7. The van der Waals surface area contributed by atoms with Gasteiger partial charge in [-0.15, -0.1) is 0 Å². The Labute approximate surface area is 435 Å². The molecule has 1 spiro atoms. The summed E-state index contributed by atoms with van der Waals surface area (Å²) in [6.07, 6.45) is 13.9. The molecule has 4 aromatic heterocycles. The summed E-state index contributed by atoms with van der Waals surface area (Å²) < 4.78 is 55.9. The van der Waals surface area contributed by atoms with Crippen molar-refractivity contribution in [2.24, 2.45) is 11.3 Å². The molecule has 0 unspecified atom stereocenters. The van der Waals surface area contributed by atoms with Crippen LogP contribution in [-0.4, -0.2) is 117 Å². The topological polar surface area (TPSA) is 234 Å². The van der Waals surface area contributed by atoms with Gasteiger partial charge in [0.1, 0.15) is 27.9 Å². The molecule has 4 N–H and O–H groups in total. The molecule has 396 valence electrons. The molecule has 6 aromatic rings. The lowest BCUT2D eigenvalue weighted by molar-refractivity contribution is -0.384. The molecule has 4 fully saturated rings. The van der Waals surface area contributed by atoms with E-state index in [9.17, 15) is 32.8 Å². The van der Waals surface area contributed by atoms with Crippen LogP contribution >= 0.6 is 0 Å². The van der Waals surface area contributed by atoms with Gasteiger partial charge in [-0.25, -0.2) is 37.5 Å². The molecule has 4 aliphatic rings. The normalized spacial score (nSPS) is 21.5. The van der Waals surface area contributed by atoms with E-state index in [1.807, 2.05) is 12.4 Å². The fourth-order valence-corrected chi connectivity index (χ4v) is 12.5. The number of halogens is 1. The third-order valence-corrected chi connectivity index (χ3v) is 17.3. The van der Waals surface area contributed by atoms with E-state index >= 15 is 0 Å². The summed E-state index contributed by atoms with van der Waals surface area (Å²) >= 11 is 0. The number of anilines is 2. The predicted octanol–water partition coefficient (Wildman–Crippen LogP) is 8.50. The highest BCUT2D eigenvalue weighted by Crippen LogP contribution is 2.53. The molecule has 0 bridgehead atoms. The van der Waals surface area contributed by atoms with Gasteiger partial charge < -0.3 is 29.8 Å². The Morgan fingerprint density at radius 2 is 1.72 bits per heavy atom. The number of methoxy groups -OCH3 is 1. The van der Waals surface area contributed by atoms with Crippen molar-refractivity contribution in [1.29, 1.82) is 0 Å². The summed E-state index contributed by atoms with van der Waals surface area (Å²) in [6, 6.07) is 17.1. The summed E-state index contributed by atoms with van der Waals surface area (Å²) in [7, 11) is -3.14. The van der Waals surface area contributed by atoms with Crippen LogP contribution in [0, 0.1) is 27.3 Å². The Kier molecular flexibility index (Phi) is 14.5. The predicted molar refractivity (Wildman–Crippen MR) is 280 cm³/mol. The lowest BCUT2D eigenvalue weighted by atomic mass is 9.59. The van der Waals surface area contributed by atoms with Gasteiger partial charge in [0.15, 0.2) is 0 Å². The van der Waals surface area contributed by atoms with Gasteiger partial charge in [-0.05, 0) is 105 Å². The number of fused-ring (bicyclic) bond motifs is 1. The second kappa shape index (κ2) is 21.1. The molecule has 10 rings (SSSR count). The van der Waals surface area contributed by atoms with E-state index in [0.717, 1.165) is 88.5 Å². The molecular formula is C54H64FN11O8S. The number of aromatic amines is 1. The molecule has 1 amide bonds. The Morgan fingerprint density at radius 3 is 2.44 bits per heavy atom. The Bertz CT molecular complexity index is 3170. The van der Waals surface area contributed by atoms with E-state index in [1.54, 1.807) is 26.2 Å². The quantitative estimate of drug-likeness (QED) is 0.0525. The number of benzene rings is 2. The number of nitrogens with zero attached hydrogens (tertiary/aromatic N) is 8. The number of carbonyl (C=O) groups is 1. The number of sulfonamides is 1. The maximum Gasteiger partial charge on any atom is 0.316 e. The van der Waals surface area contributed by atoms with E-state index < -0.39 is 42.9 Å². The van der Waals surface area contributed by atoms with Crippen LogP contribution in [0.4, 0.5) is 21.6 Å². The molecule has 2 saturated carbocycles. The van der Waals surface area contributed by atoms with Crippen molar-refractivity contribution in [3.05, 3.63) is 124 Å². The molecule has 2 aliphatic carbocycles. The van der Waals surface area contributed by atoms with Crippen LogP contribution in [0.3, 0.4) is 0 Å². The van der Waals surface area contributed by atoms with Crippen molar-refractivity contribution in [1.82, 2.24) is 39.4 Å². The zero-order valence-electron chi connectivity index (χ0n) is 42.7. The maximum absolute atomic E-state index is 14.7. The largest absolute Gasteiger partial charge is 0.467 e. The molecule has 2 aliphatic heterocycles. The van der Waals surface area contributed by atoms with E-state index in [2.05, 4.69) is 87.8 Å². The second-order valence-electron chi connectivity index (χ2n) is 21.4. The Balaban J connectivity index is 0.837. The van der Waals surface area contributed by atoms with Crippen LogP contribution in [0.15, 0.2) is 90.5 Å². The molecule has 21 heteroatoms. The standard InChI is InChI=1S/C54H64FN11O8S/c1-34(2)41-7-5-6-8-42(41)47-33-63(32-36-27-60-52(73-4)61-28-36)19-20-65(47)38-24-54(25-38)15-17-64(18-16-54)37-9-10-43(48(21-37)74-39-22-44-45(55)31-59-49(44)57-29-39)51(67)62-75(71,72)40-23-46(66(69)70)50(58-30-40)56-26-35-11-13-53(3,68)14-12-35/h5-10,21-23,27-31,34-35,38,47,68H,11-20,24-26,32-33H2,1-4H3,(H,56,58)(H,57,59)(H,62,67)/t35?,47-,53?/m0/s1. The number of ether oxygens (including phenoxy) is 2. The fourth-order valence-electron chi connectivity index (χ4n) is 11.6. The number of nitrogens with one attached hydrogen (secondary N) is 3. The highest BCUT2D eigenvalue weighted by atomic mass is 32.2. The first-order valence-corrected chi connectivity index (χ1v) is 27.2. The minimum absolute atomic E-state index is 0.000507. The first kappa shape index (κ1) is 51.7. The number of piperazine rings is 1. The first-order chi connectivity index (χ1) is 35.9. The number of nitro groups is 1. The molecule has 6 heterocycles. The summed E-state index contributed by atoms with van der Waals surface area (Å²) in [6.45, 7) is 11.6. The SMILES string of the molecule is COc1ncc(CN2CCN(C3CC4(CCN(c5ccc(C(=O)NS(=O)(=O)c6cnc(NCC7CCC(C)(O)CC7)c([N+](=O)[O-])c6)c(Oc6cnc7[nH]cc(F)c7c6)c5)CC4)C3)[C@H](c3ccccc3C(C)C)C2)cn1. The van der Waals surface area contributed by atoms with E-state index in [1.165, 1.54) is 35.7 Å². The molecule has 1 atom stereocenters. The van der Waals surface area contributed by atoms with Crippen molar-refractivity contribution in [3.8, 4) is 17.5 Å². The zero-order valence-corrected chi connectivity index (χ0v) is 43.5. The second-order valence-corrected chi connectivity index (χ2v) is 23.1. The number of aromatic nitrogens is 5. The van der Waals surface area contributed by atoms with Crippen LogP contribution in [0.1, 0.15) is 111 Å². The summed E-state index contributed by atoms with van der Waals surface area (Å²) in [4.78, 5) is 52.3. The zero-order chi connectivity index (χ0) is 52.6. The lowest BCUT2D eigenvalue weighted by Crippen LogP contribution is -2.60. The highest BCUT2D eigenvalue weighted by molar-refractivity contribution is 7.90. The van der Waals surface area contributed by atoms with Gasteiger partial charge in [-0.3, -0.25) is 24.7 Å². The van der Waals surface area contributed by atoms with E-state index in [-0.39, 0.29) is 45.6 Å². The van der Waals surface area contributed by atoms with E-state index in [0.29, 0.717) is 55.8 Å². The van der Waals surface area contributed by atoms with Crippen LogP contribution in [0.25, 0.3) is 11.0 Å². The molecule has 2 aromatic carbocycles. The summed E-state index contributed by atoms with van der Waals surface area (Å²) in [5.41, 5.74) is 3.55. The third-order valence-electron chi connectivity index (χ3n) is 16.0. The minimum Gasteiger partial charge on any atom is -0.467 e. The average molecular weight is 1050 g/mol. The van der Waals surface area contributed by atoms with Crippen LogP contribution < -0.4 is 24.4 Å². The number of aliphatic hydroxyl groups is 1. The van der Waals surface area contributed by atoms with Crippen molar-refractivity contribution in [3.63, 3.8) is 0 Å². The monoisotopic (exact) mass is 1050 g/mol. The van der Waals surface area contributed by atoms with Crippen molar-refractivity contribution in [2.75, 3.05) is 56.6 Å². The molecule has 19 nitrogen and oxygen atoms in total. The van der Waals surface area contributed by atoms with Gasteiger partial charge in [0.05, 0.1) is 41.0 Å². The Hall–Kier alpha value is -6.81. The van der Waals surface area contributed by atoms with Crippen LogP contribution in [0.2, 0.25) is 0 Å². The van der Waals surface area contributed by atoms with Crippen molar-refractivity contribution in [2.45, 2.75) is 107 Å². The number of pyridine rings is 2. The van der Waals surface area contributed by atoms with Crippen molar-refractivity contribution >= 4 is 44.2 Å². The smallest absolute Gasteiger partial charge is 0.316 e. The number of hydrogen-bond acceptors (Lipinski definition) is 16. The van der Waals surface area contributed by atoms with Gasteiger partial charge in [-0.1, -0.05) is 38.1 Å². The molecule has 0 radical (unpaired) electrons. The lowest BCUT2D eigenvalue weighted by Gasteiger charge is -2.58. The van der Waals surface area contributed by atoms with Gasteiger partial charge >= 0.3 is 11.7 Å². The third kappa shape index (κ3) is 11.3. The molecule has 75 heavy (non-hydrogen) atoms. The van der Waals surface area contributed by atoms with Gasteiger partial charge in [-0.2, -0.15) is 0 Å². The van der Waals surface area contributed by atoms with Gasteiger partial charge in [0, 0.05) is 99.9 Å².